The molecular weight excluding hydrogens is 300 g/mol. The number of carbonyl (C=O) groups is 1. The van der Waals surface area contributed by atoms with Crippen LogP contribution in [0.2, 0.25) is 0 Å². The fraction of sp³-hybridized carbons (Fsp3) is 0.368. The Bertz CT molecular complexity index is 691. The van der Waals surface area contributed by atoms with Crippen LogP contribution in [-0.4, -0.2) is 28.4 Å². The van der Waals surface area contributed by atoms with Crippen LogP contribution in [0.25, 0.3) is 0 Å². The van der Waals surface area contributed by atoms with Crippen LogP contribution >= 0.6 is 0 Å². The van der Waals surface area contributed by atoms with Gasteiger partial charge < -0.3 is 4.90 Å². The summed E-state index contributed by atoms with van der Waals surface area (Å²) in [5.41, 5.74) is 8.67. The van der Waals surface area contributed by atoms with Crippen LogP contribution < -0.4 is 10.9 Å². The molecule has 5 nitrogen and oxygen atoms in total. The Morgan fingerprint density at radius 3 is 2.71 bits per heavy atom. The second-order valence-electron chi connectivity index (χ2n) is 6.48. The topological polar surface area (TPSA) is 57.3 Å². The SMILES string of the molecule is O=C(C1CC(c2ccccc2)NN1)N1CCCC1c1ccccn1. The summed E-state index contributed by atoms with van der Waals surface area (Å²) in [6.07, 6.45) is 4.60. The van der Waals surface area contributed by atoms with Gasteiger partial charge in [0.25, 0.3) is 0 Å². The molecule has 0 saturated carbocycles. The van der Waals surface area contributed by atoms with Gasteiger partial charge in [-0.3, -0.25) is 9.78 Å². The Morgan fingerprint density at radius 1 is 1.08 bits per heavy atom. The summed E-state index contributed by atoms with van der Waals surface area (Å²) in [5.74, 6) is 0.175. The van der Waals surface area contributed by atoms with Crippen molar-refractivity contribution in [2.24, 2.45) is 0 Å². The van der Waals surface area contributed by atoms with Gasteiger partial charge in [-0.2, -0.15) is 0 Å². The fourth-order valence-electron chi connectivity index (χ4n) is 3.73. The third kappa shape index (κ3) is 2.92. The van der Waals surface area contributed by atoms with Crippen molar-refractivity contribution in [3.8, 4) is 0 Å². The average molecular weight is 322 g/mol. The molecule has 4 rings (SSSR count). The zero-order valence-electron chi connectivity index (χ0n) is 13.6. The normalized spacial score (nSPS) is 26.7. The molecule has 1 amide bonds. The van der Waals surface area contributed by atoms with Crippen molar-refractivity contribution in [2.75, 3.05) is 6.54 Å². The molecule has 2 aromatic rings. The zero-order chi connectivity index (χ0) is 16.4. The first-order valence-corrected chi connectivity index (χ1v) is 8.60. The summed E-state index contributed by atoms with van der Waals surface area (Å²) < 4.78 is 0. The van der Waals surface area contributed by atoms with Crippen LogP contribution in [0.5, 0.6) is 0 Å². The van der Waals surface area contributed by atoms with Gasteiger partial charge in [0.15, 0.2) is 0 Å². The highest BCUT2D eigenvalue weighted by atomic mass is 16.2. The van der Waals surface area contributed by atoms with Crippen molar-refractivity contribution in [3.63, 3.8) is 0 Å². The van der Waals surface area contributed by atoms with E-state index in [-0.39, 0.29) is 24.0 Å². The van der Waals surface area contributed by atoms with Gasteiger partial charge in [0.2, 0.25) is 5.91 Å². The van der Waals surface area contributed by atoms with Crippen molar-refractivity contribution >= 4 is 5.91 Å². The fourth-order valence-corrected chi connectivity index (χ4v) is 3.73. The Morgan fingerprint density at radius 2 is 1.92 bits per heavy atom. The number of hydrogen-bond donors (Lipinski definition) is 2. The summed E-state index contributed by atoms with van der Waals surface area (Å²) in [6, 6.07) is 16.3. The van der Waals surface area contributed by atoms with E-state index in [0.717, 1.165) is 31.5 Å². The lowest BCUT2D eigenvalue weighted by atomic mass is 10.0. The van der Waals surface area contributed by atoms with Gasteiger partial charge in [0, 0.05) is 18.8 Å². The lowest BCUT2D eigenvalue weighted by molar-refractivity contribution is -0.134. The molecule has 0 aliphatic carbocycles. The van der Waals surface area contributed by atoms with Gasteiger partial charge in [0.05, 0.1) is 11.7 Å². The highest BCUT2D eigenvalue weighted by Crippen LogP contribution is 2.32. The molecule has 2 aliphatic heterocycles. The number of likely N-dealkylation sites (tertiary alicyclic amines) is 1. The molecule has 0 spiro atoms. The van der Waals surface area contributed by atoms with Gasteiger partial charge in [-0.1, -0.05) is 36.4 Å². The number of pyridine rings is 1. The lowest BCUT2D eigenvalue weighted by Crippen LogP contribution is -2.45. The monoisotopic (exact) mass is 322 g/mol. The predicted octanol–water partition coefficient (Wildman–Crippen LogP) is 2.35. The summed E-state index contributed by atoms with van der Waals surface area (Å²) in [6.45, 7) is 0.814. The minimum absolute atomic E-state index is 0.108. The van der Waals surface area contributed by atoms with Crippen LogP contribution in [0.4, 0.5) is 0 Å². The number of rotatable bonds is 3. The van der Waals surface area contributed by atoms with E-state index >= 15 is 0 Å². The number of hydrazine groups is 1. The van der Waals surface area contributed by atoms with Crippen LogP contribution in [0.1, 0.15) is 42.6 Å². The maximum Gasteiger partial charge on any atom is 0.241 e. The number of nitrogens with zero attached hydrogens (tertiary/aromatic N) is 2. The van der Waals surface area contributed by atoms with E-state index in [2.05, 4.69) is 28.0 Å². The van der Waals surface area contributed by atoms with Crippen molar-refractivity contribution in [3.05, 3.63) is 66.0 Å². The van der Waals surface area contributed by atoms with E-state index in [4.69, 9.17) is 0 Å². The molecule has 2 saturated heterocycles. The number of hydrogen-bond acceptors (Lipinski definition) is 4. The van der Waals surface area contributed by atoms with Gasteiger partial charge in [-0.15, -0.1) is 0 Å². The predicted molar refractivity (Wildman–Crippen MR) is 91.8 cm³/mol. The molecule has 5 heteroatoms. The van der Waals surface area contributed by atoms with Gasteiger partial charge >= 0.3 is 0 Å². The molecule has 24 heavy (non-hydrogen) atoms. The van der Waals surface area contributed by atoms with Gasteiger partial charge in [-0.25, -0.2) is 10.9 Å². The quantitative estimate of drug-likeness (QED) is 0.911. The Labute approximate surface area is 142 Å². The first kappa shape index (κ1) is 15.3. The minimum Gasteiger partial charge on any atom is -0.333 e. The van der Waals surface area contributed by atoms with E-state index in [1.807, 2.05) is 41.3 Å². The number of carbonyl (C=O) groups excluding carboxylic acids is 1. The van der Waals surface area contributed by atoms with Crippen LogP contribution in [0.15, 0.2) is 54.7 Å². The van der Waals surface area contributed by atoms with Crippen molar-refractivity contribution in [1.29, 1.82) is 0 Å². The number of nitrogens with one attached hydrogen (secondary N) is 2. The standard InChI is InChI=1S/C19H22N4O/c24-19(17-13-16(21-22-17)14-7-2-1-3-8-14)23-12-6-10-18(23)15-9-4-5-11-20-15/h1-5,7-9,11,16-18,21-22H,6,10,12-13H2. The van der Waals surface area contributed by atoms with Crippen molar-refractivity contribution in [2.45, 2.75) is 37.4 Å². The van der Waals surface area contributed by atoms with E-state index in [1.54, 1.807) is 6.20 Å². The molecule has 1 aromatic heterocycles. The molecule has 1 aromatic carbocycles. The summed E-state index contributed by atoms with van der Waals surface area (Å²) in [4.78, 5) is 19.5. The first-order valence-electron chi connectivity index (χ1n) is 8.60. The van der Waals surface area contributed by atoms with Crippen LogP contribution in [-0.2, 0) is 4.79 Å². The molecule has 2 N–H and O–H groups in total. The highest BCUT2D eigenvalue weighted by Gasteiger charge is 2.38. The lowest BCUT2D eigenvalue weighted by Gasteiger charge is -2.26. The first-order chi connectivity index (χ1) is 11.8. The van der Waals surface area contributed by atoms with E-state index in [0.29, 0.717) is 0 Å². The summed E-state index contributed by atoms with van der Waals surface area (Å²) >= 11 is 0. The molecule has 3 unspecified atom stereocenters. The maximum atomic E-state index is 13.0. The molecule has 2 aliphatic rings. The second kappa shape index (κ2) is 6.71. The number of amides is 1. The Hall–Kier alpha value is -2.24. The van der Waals surface area contributed by atoms with Gasteiger partial charge in [0.1, 0.15) is 6.04 Å². The Balaban J connectivity index is 1.46. The molecule has 2 fully saturated rings. The van der Waals surface area contributed by atoms with Crippen LogP contribution in [0, 0.1) is 0 Å². The molecule has 0 bridgehead atoms. The maximum absolute atomic E-state index is 13.0. The average Bonchev–Trinajstić information content (AvgIpc) is 3.32. The van der Waals surface area contributed by atoms with E-state index < -0.39 is 0 Å². The largest absolute Gasteiger partial charge is 0.333 e. The van der Waals surface area contributed by atoms with E-state index in [1.165, 1.54) is 5.56 Å². The molecule has 124 valence electrons. The molecule has 0 radical (unpaired) electrons. The third-order valence-electron chi connectivity index (χ3n) is 4.97. The van der Waals surface area contributed by atoms with Crippen molar-refractivity contribution < 1.29 is 4.79 Å². The molecular formula is C19H22N4O. The van der Waals surface area contributed by atoms with Crippen molar-refractivity contribution in [1.82, 2.24) is 20.7 Å². The second-order valence-corrected chi connectivity index (χ2v) is 6.48. The summed E-state index contributed by atoms with van der Waals surface area (Å²) in [7, 11) is 0. The molecule has 3 atom stereocenters. The zero-order valence-corrected chi connectivity index (χ0v) is 13.6. The summed E-state index contributed by atoms with van der Waals surface area (Å²) in [5, 5.41) is 0. The third-order valence-corrected chi connectivity index (χ3v) is 4.97. The van der Waals surface area contributed by atoms with Gasteiger partial charge in [-0.05, 0) is 37.0 Å². The number of aromatic nitrogens is 1. The number of benzene rings is 1. The minimum atomic E-state index is -0.181. The van der Waals surface area contributed by atoms with E-state index in [9.17, 15) is 4.79 Å². The highest BCUT2D eigenvalue weighted by molar-refractivity contribution is 5.83. The Kier molecular flexibility index (Phi) is 4.28. The molecule has 3 heterocycles. The smallest absolute Gasteiger partial charge is 0.241 e. The van der Waals surface area contributed by atoms with Crippen LogP contribution in [0.3, 0.4) is 0 Å².